The molecule has 28 heavy (non-hydrogen) atoms. The van der Waals surface area contributed by atoms with Crippen LogP contribution in [0.3, 0.4) is 0 Å². The number of rotatable bonds is 5. The lowest BCUT2D eigenvalue weighted by molar-refractivity contribution is 0.0773. The topological polar surface area (TPSA) is 47.4 Å². The lowest BCUT2D eigenvalue weighted by Gasteiger charge is -2.18. The molecule has 4 rings (SSSR count). The van der Waals surface area contributed by atoms with Crippen LogP contribution in [-0.2, 0) is 19.9 Å². The summed E-state index contributed by atoms with van der Waals surface area (Å²) in [6, 6.07) is 10.2. The van der Waals surface area contributed by atoms with Crippen LogP contribution in [0.1, 0.15) is 46.7 Å². The summed E-state index contributed by atoms with van der Waals surface area (Å²) in [4.78, 5) is 19.4. The zero-order valence-corrected chi connectivity index (χ0v) is 17.1. The van der Waals surface area contributed by atoms with Crippen molar-refractivity contribution in [2.24, 2.45) is 7.05 Å². The van der Waals surface area contributed by atoms with E-state index in [1.54, 1.807) is 0 Å². The Morgan fingerprint density at radius 1 is 1.21 bits per heavy atom. The van der Waals surface area contributed by atoms with Crippen molar-refractivity contribution in [1.29, 1.82) is 0 Å². The summed E-state index contributed by atoms with van der Waals surface area (Å²) in [7, 11) is 2.04. The summed E-state index contributed by atoms with van der Waals surface area (Å²) in [5.41, 5.74) is 6.41. The number of benzene rings is 2. The fourth-order valence-electron chi connectivity index (χ4n) is 3.97. The van der Waals surface area contributed by atoms with Gasteiger partial charge in [-0.2, -0.15) is 0 Å². The molecule has 0 unspecified atom stereocenters. The molecule has 1 aliphatic rings. The van der Waals surface area contributed by atoms with E-state index < -0.39 is 0 Å². The average Bonchev–Trinajstić information content (AvgIpc) is 3.26. The standard InChI is InChI=1S/C23H27N3O2/c1-5-26(6-2)23(27)17-7-8-20-19(13-17)24-22(25(20)4)14-18-12-16-9-10-28-21(16)11-15(18)3/h7-8,11-13H,5-6,9-10,14H2,1-4H3. The van der Waals surface area contributed by atoms with Crippen LogP contribution in [0.25, 0.3) is 11.0 Å². The number of aryl methyl sites for hydroxylation is 2. The van der Waals surface area contributed by atoms with E-state index in [4.69, 9.17) is 9.72 Å². The zero-order valence-electron chi connectivity index (χ0n) is 17.1. The van der Waals surface area contributed by atoms with Crippen molar-refractivity contribution in [3.8, 4) is 5.75 Å². The van der Waals surface area contributed by atoms with Gasteiger partial charge in [-0.05, 0) is 61.7 Å². The van der Waals surface area contributed by atoms with E-state index in [0.717, 1.165) is 42.1 Å². The fraction of sp³-hybridized carbons (Fsp3) is 0.391. The Morgan fingerprint density at radius 2 is 2.00 bits per heavy atom. The SMILES string of the molecule is CCN(CC)C(=O)c1ccc2c(c1)nc(Cc1cc3c(cc1C)OCC3)n2C. The molecule has 2 heterocycles. The summed E-state index contributed by atoms with van der Waals surface area (Å²) < 4.78 is 7.80. The molecule has 0 N–H and O–H groups in total. The molecule has 0 spiro atoms. The highest BCUT2D eigenvalue weighted by Crippen LogP contribution is 2.30. The third-order valence-electron chi connectivity index (χ3n) is 5.77. The number of carbonyl (C=O) groups excluding carboxylic acids is 1. The highest BCUT2D eigenvalue weighted by molar-refractivity contribution is 5.97. The van der Waals surface area contributed by atoms with Gasteiger partial charge in [0, 0.05) is 38.5 Å². The lowest BCUT2D eigenvalue weighted by atomic mass is 10.0. The smallest absolute Gasteiger partial charge is 0.253 e. The van der Waals surface area contributed by atoms with Crippen LogP contribution >= 0.6 is 0 Å². The molecule has 0 saturated heterocycles. The Hall–Kier alpha value is -2.82. The highest BCUT2D eigenvalue weighted by Gasteiger charge is 2.18. The van der Waals surface area contributed by atoms with Crippen LogP contribution in [-0.4, -0.2) is 40.1 Å². The molecule has 5 heteroatoms. The van der Waals surface area contributed by atoms with Crippen LogP contribution in [0.5, 0.6) is 5.75 Å². The van der Waals surface area contributed by atoms with Crippen molar-refractivity contribution in [3.63, 3.8) is 0 Å². The summed E-state index contributed by atoms with van der Waals surface area (Å²) >= 11 is 0. The minimum absolute atomic E-state index is 0.0635. The van der Waals surface area contributed by atoms with Gasteiger partial charge in [-0.3, -0.25) is 4.79 Å². The quantitative estimate of drug-likeness (QED) is 0.678. The molecule has 1 aromatic heterocycles. The van der Waals surface area contributed by atoms with Crippen molar-refractivity contribution in [2.75, 3.05) is 19.7 Å². The van der Waals surface area contributed by atoms with Crippen molar-refractivity contribution in [2.45, 2.75) is 33.6 Å². The average molecular weight is 377 g/mol. The monoisotopic (exact) mass is 377 g/mol. The predicted molar refractivity (Wildman–Crippen MR) is 111 cm³/mol. The van der Waals surface area contributed by atoms with E-state index in [1.165, 1.54) is 16.7 Å². The highest BCUT2D eigenvalue weighted by atomic mass is 16.5. The van der Waals surface area contributed by atoms with Crippen LogP contribution in [0.4, 0.5) is 0 Å². The lowest BCUT2D eigenvalue weighted by Crippen LogP contribution is -2.30. The van der Waals surface area contributed by atoms with Gasteiger partial charge in [-0.1, -0.05) is 6.07 Å². The van der Waals surface area contributed by atoms with Gasteiger partial charge in [0.05, 0.1) is 17.6 Å². The minimum atomic E-state index is 0.0635. The number of carbonyl (C=O) groups is 1. The number of amides is 1. The molecule has 2 aromatic carbocycles. The van der Waals surface area contributed by atoms with Gasteiger partial charge in [0.1, 0.15) is 11.6 Å². The Bertz CT molecular complexity index is 1050. The Labute approximate surface area is 165 Å². The summed E-state index contributed by atoms with van der Waals surface area (Å²) in [5, 5.41) is 0. The maximum absolute atomic E-state index is 12.7. The molecule has 0 bridgehead atoms. The maximum atomic E-state index is 12.7. The molecule has 0 aliphatic carbocycles. The zero-order chi connectivity index (χ0) is 19.8. The largest absolute Gasteiger partial charge is 0.493 e. The van der Waals surface area contributed by atoms with Crippen LogP contribution < -0.4 is 4.74 Å². The maximum Gasteiger partial charge on any atom is 0.253 e. The van der Waals surface area contributed by atoms with Gasteiger partial charge in [0.2, 0.25) is 0 Å². The van der Waals surface area contributed by atoms with Crippen LogP contribution in [0.2, 0.25) is 0 Å². The van der Waals surface area contributed by atoms with Gasteiger partial charge >= 0.3 is 0 Å². The van der Waals surface area contributed by atoms with E-state index in [-0.39, 0.29) is 5.91 Å². The van der Waals surface area contributed by atoms with Crippen molar-refractivity contribution >= 4 is 16.9 Å². The second kappa shape index (κ2) is 7.30. The van der Waals surface area contributed by atoms with Gasteiger partial charge < -0.3 is 14.2 Å². The molecular weight excluding hydrogens is 350 g/mol. The first-order valence-electron chi connectivity index (χ1n) is 10.0. The molecule has 0 fully saturated rings. The summed E-state index contributed by atoms with van der Waals surface area (Å²) in [6.07, 6.45) is 1.74. The third-order valence-corrected chi connectivity index (χ3v) is 5.77. The molecule has 0 radical (unpaired) electrons. The first-order valence-corrected chi connectivity index (χ1v) is 10.0. The van der Waals surface area contributed by atoms with Crippen LogP contribution in [0, 0.1) is 6.92 Å². The molecule has 1 amide bonds. The van der Waals surface area contributed by atoms with E-state index in [1.807, 2.05) is 44.0 Å². The second-order valence-corrected chi connectivity index (χ2v) is 7.43. The van der Waals surface area contributed by atoms with E-state index in [0.29, 0.717) is 18.7 Å². The van der Waals surface area contributed by atoms with Crippen LogP contribution in [0.15, 0.2) is 30.3 Å². The number of fused-ring (bicyclic) bond motifs is 2. The molecule has 0 atom stereocenters. The molecule has 1 aliphatic heterocycles. The van der Waals surface area contributed by atoms with Crippen molar-refractivity contribution in [1.82, 2.24) is 14.5 Å². The Morgan fingerprint density at radius 3 is 2.75 bits per heavy atom. The van der Waals surface area contributed by atoms with Gasteiger partial charge in [-0.15, -0.1) is 0 Å². The van der Waals surface area contributed by atoms with Gasteiger partial charge in [0.15, 0.2) is 0 Å². The number of imidazole rings is 1. The first-order chi connectivity index (χ1) is 13.5. The number of nitrogens with zero attached hydrogens (tertiary/aromatic N) is 3. The predicted octanol–water partition coefficient (Wildman–Crippen LogP) is 3.89. The van der Waals surface area contributed by atoms with Crippen molar-refractivity contribution in [3.05, 3.63) is 58.4 Å². The number of hydrogen-bond donors (Lipinski definition) is 0. The molecule has 146 valence electrons. The second-order valence-electron chi connectivity index (χ2n) is 7.43. The summed E-state index contributed by atoms with van der Waals surface area (Å²) in [5.74, 6) is 2.09. The van der Waals surface area contributed by atoms with E-state index in [9.17, 15) is 4.79 Å². The Kier molecular flexibility index (Phi) is 4.84. The third kappa shape index (κ3) is 3.15. The van der Waals surface area contributed by atoms with Crippen molar-refractivity contribution < 1.29 is 9.53 Å². The summed E-state index contributed by atoms with van der Waals surface area (Å²) in [6.45, 7) is 8.32. The fourth-order valence-corrected chi connectivity index (χ4v) is 3.97. The molecule has 3 aromatic rings. The number of ether oxygens (including phenoxy) is 1. The normalized spacial score (nSPS) is 12.9. The first kappa shape index (κ1) is 18.5. The minimum Gasteiger partial charge on any atom is -0.493 e. The van der Waals surface area contributed by atoms with E-state index >= 15 is 0 Å². The number of hydrogen-bond acceptors (Lipinski definition) is 3. The molecule has 0 saturated carbocycles. The number of aromatic nitrogens is 2. The Balaban J connectivity index is 1.67. The molecule has 5 nitrogen and oxygen atoms in total. The van der Waals surface area contributed by atoms with Gasteiger partial charge in [-0.25, -0.2) is 4.98 Å². The molecular formula is C23H27N3O2. The van der Waals surface area contributed by atoms with E-state index in [2.05, 4.69) is 23.6 Å². The van der Waals surface area contributed by atoms with Gasteiger partial charge in [0.25, 0.3) is 5.91 Å².